The molecule has 2 unspecified atom stereocenters. The minimum absolute atomic E-state index is 0.158. The largest absolute Gasteiger partial charge is 0.328 e. The second kappa shape index (κ2) is 4.02. The number of nitrogens with zero attached hydrogens (tertiary/aromatic N) is 1. The van der Waals surface area contributed by atoms with Crippen LogP contribution in [-0.2, 0) is 0 Å². The first kappa shape index (κ1) is 8.94. The van der Waals surface area contributed by atoms with Crippen LogP contribution in [0.2, 0.25) is 0 Å². The van der Waals surface area contributed by atoms with E-state index >= 15 is 0 Å². The molecule has 2 N–H and O–H groups in total. The van der Waals surface area contributed by atoms with Gasteiger partial charge in [-0.25, -0.2) is 4.39 Å². The monoisotopic (exact) mass is 160 g/mol. The number of rotatable bonds is 3. The maximum absolute atomic E-state index is 12.7. The maximum Gasteiger partial charge on any atom is 0.125 e. The minimum atomic E-state index is -0.833. The third kappa shape index (κ3) is 2.75. The molecule has 0 aromatic carbocycles. The molecule has 0 radical (unpaired) electrons. The molecule has 0 aliphatic carbocycles. The highest BCUT2D eigenvalue weighted by molar-refractivity contribution is 4.74. The lowest BCUT2D eigenvalue weighted by molar-refractivity contribution is 0.221. The highest BCUT2D eigenvalue weighted by Gasteiger charge is 2.20. The standard InChI is InChI=1S/C8H17FN2/c1-7-2-3-11(5-7)6-8(9)4-10/h7-8H,2-6,10H2,1H3. The van der Waals surface area contributed by atoms with Crippen molar-refractivity contribution in [3.05, 3.63) is 0 Å². The van der Waals surface area contributed by atoms with Gasteiger partial charge in [0.2, 0.25) is 0 Å². The predicted molar refractivity (Wildman–Crippen MR) is 44.2 cm³/mol. The lowest BCUT2D eigenvalue weighted by atomic mass is 10.2. The Kier molecular flexibility index (Phi) is 3.27. The number of hydrogen-bond acceptors (Lipinski definition) is 2. The van der Waals surface area contributed by atoms with Crippen molar-refractivity contribution in [3.63, 3.8) is 0 Å². The molecule has 1 rings (SSSR count). The minimum Gasteiger partial charge on any atom is -0.328 e. The van der Waals surface area contributed by atoms with Crippen LogP contribution < -0.4 is 5.73 Å². The van der Waals surface area contributed by atoms with Gasteiger partial charge < -0.3 is 10.6 Å². The number of halogens is 1. The van der Waals surface area contributed by atoms with Gasteiger partial charge >= 0.3 is 0 Å². The molecule has 2 nitrogen and oxygen atoms in total. The normalized spacial score (nSPS) is 29.2. The van der Waals surface area contributed by atoms with Crippen LogP contribution in [0, 0.1) is 5.92 Å². The quantitative estimate of drug-likeness (QED) is 0.656. The van der Waals surface area contributed by atoms with E-state index in [-0.39, 0.29) is 6.54 Å². The Balaban J connectivity index is 2.17. The van der Waals surface area contributed by atoms with Crippen molar-refractivity contribution in [3.8, 4) is 0 Å². The lowest BCUT2D eigenvalue weighted by Gasteiger charge is -2.16. The molecular formula is C8H17FN2. The smallest absolute Gasteiger partial charge is 0.125 e. The fraction of sp³-hybridized carbons (Fsp3) is 1.00. The first-order valence-corrected chi connectivity index (χ1v) is 4.29. The summed E-state index contributed by atoms with van der Waals surface area (Å²) >= 11 is 0. The van der Waals surface area contributed by atoms with Crippen LogP contribution in [0.3, 0.4) is 0 Å². The first-order chi connectivity index (χ1) is 5.22. The topological polar surface area (TPSA) is 29.3 Å². The molecule has 3 heteroatoms. The summed E-state index contributed by atoms with van der Waals surface area (Å²) in [5.41, 5.74) is 5.18. The van der Waals surface area contributed by atoms with Gasteiger partial charge in [0, 0.05) is 19.6 Å². The van der Waals surface area contributed by atoms with Gasteiger partial charge in [-0.3, -0.25) is 0 Å². The van der Waals surface area contributed by atoms with E-state index in [9.17, 15) is 4.39 Å². The third-order valence-electron chi connectivity index (χ3n) is 2.22. The third-order valence-corrected chi connectivity index (χ3v) is 2.22. The molecule has 1 heterocycles. The molecule has 0 amide bonds. The van der Waals surface area contributed by atoms with Crippen molar-refractivity contribution in [1.29, 1.82) is 0 Å². The zero-order valence-electron chi connectivity index (χ0n) is 7.09. The molecule has 1 fully saturated rings. The Morgan fingerprint density at radius 1 is 1.73 bits per heavy atom. The number of alkyl halides is 1. The van der Waals surface area contributed by atoms with Crippen LogP contribution >= 0.6 is 0 Å². The van der Waals surface area contributed by atoms with Gasteiger partial charge in [0.05, 0.1) is 0 Å². The van der Waals surface area contributed by atoms with Crippen LogP contribution in [-0.4, -0.2) is 37.3 Å². The van der Waals surface area contributed by atoms with Gasteiger partial charge in [-0.1, -0.05) is 6.92 Å². The molecule has 0 bridgehead atoms. The van der Waals surface area contributed by atoms with Crippen LogP contribution in [0.4, 0.5) is 4.39 Å². The average Bonchev–Trinajstić information content (AvgIpc) is 2.35. The van der Waals surface area contributed by atoms with E-state index in [4.69, 9.17) is 5.73 Å². The maximum atomic E-state index is 12.7. The second-order valence-corrected chi connectivity index (χ2v) is 3.49. The van der Waals surface area contributed by atoms with Crippen LogP contribution in [0.5, 0.6) is 0 Å². The van der Waals surface area contributed by atoms with E-state index in [0.717, 1.165) is 19.0 Å². The van der Waals surface area contributed by atoms with E-state index in [1.807, 2.05) is 0 Å². The Morgan fingerprint density at radius 3 is 2.91 bits per heavy atom. The number of hydrogen-bond donors (Lipinski definition) is 1. The zero-order valence-corrected chi connectivity index (χ0v) is 7.09. The van der Waals surface area contributed by atoms with Gasteiger partial charge in [-0.2, -0.15) is 0 Å². The molecule has 0 aromatic heterocycles. The molecule has 0 aromatic rings. The number of nitrogens with two attached hydrogens (primary N) is 1. The van der Waals surface area contributed by atoms with E-state index in [2.05, 4.69) is 11.8 Å². The SMILES string of the molecule is CC1CCN(CC(F)CN)C1. The van der Waals surface area contributed by atoms with Crippen molar-refractivity contribution in [2.45, 2.75) is 19.5 Å². The molecule has 2 atom stereocenters. The fourth-order valence-electron chi connectivity index (χ4n) is 1.55. The summed E-state index contributed by atoms with van der Waals surface area (Å²) in [4.78, 5) is 2.15. The van der Waals surface area contributed by atoms with Crippen LogP contribution in [0.15, 0.2) is 0 Å². The average molecular weight is 160 g/mol. The first-order valence-electron chi connectivity index (χ1n) is 4.29. The summed E-state index contributed by atoms with van der Waals surface area (Å²) in [6.45, 7) is 4.98. The van der Waals surface area contributed by atoms with Gasteiger partial charge in [0.25, 0.3) is 0 Å². The lowest BCUT2D eigenvalue weighted by Crippen LogP contribution is -2.32. The Bertz CT molecular complexity index is 119. The number of likely N-dealkylation sites (tertiary alicyclic amines) is 1. The highest BCUT2D eigenvalue weighted by Crippen LogP contribution is 2.15. The van der Waals surface area contributed by atoms with Crippen molar-refractivity contribution < 1.29 is 4.39 Å². The van der Waals surface area contributed by atoms with Gasteiger partial charge in [0.15, 0.2) is 0 Å². The Labute approximate surface area is 67.6 Å². The second-order valence-electron chi connectivity index (χ2n) is 3.49. The zero-order chi connectivity index (χ0) is 8.27. The molecule has 0 saturated carbocycles. The van der Waals surface area contributed by atoms with E-state index < -0.39 is 6.17 Å². The summed E-state index contributed by atoms with van der Waals surface area (Å²) in [7, 11) is 0. The van der Waals surface area contributed by atoms with Gasteiger partial charge in [-0.05, 0) is 18.9 Å². The molecule has 11 heavy (non-hydrogen) atoms. The van der Waals surface area contributed by atoms with E-state index in [1.54, 1.807) is 0 Å². The molecular weight excluding hydrogens is 143 g/mol. The summed E-state index contributed by atoms with van der Waals surface area (Å²) in [5, 5.41) is 0. The van der Waals surface area contributed by atoms with Crippen molar-refractivity contribution >= 4 is 0 Å². The molecule has 66 valence electrons. The summed E-state index contributed by atoms with van der Waals surface area (Å²) < 4.78 is 12.7. The van der Waals surface area contributed by atoms with Crippen LogP contribution in [0.1, 0.15) is 13.3 Å². The molecule has 1 aliphatic heterocycles. The Morgan fingerprint density at radius 2 is 2.45 bits per heavy atom. The Hall–Kier alpha value is -0.150. The fourth-order valence-corrected chi connectivity index (χ4v) is 1.55. The highest BCUT2D eigenvalue weighted by atomic mass is 19.1. The van der Waals surface area contributed by atoms with Crippen molar-refractivity contribution in [2.24, 2.45) is 11.7 Å². The van der Waals surface area contributed by atoms with E-state index in [1.165, 1.54) is 6.42 Å². The van der Waals surface area contributed by atoms with Crippen molar-refractivity contribution in [2.75, 3.05) is 26.2 Å². The molecule has 1 aliphatic rings. The van der Waals surface area contributed by atoms with Crippen molar-refractivity contribution in [1.82, 2.24) is 4.90 Å². The molecule has 0 spiro atoms. The van der Waals surface area contributed by atoms with Gasteiger partial charge in [-0.15, -0.1) is 0 Å². The molecule has 1 saturated heterocycles. The summed E-state index contributed by atoms with van der Waals surface area (Å²) in [6.07, 6.45) is 0.373. The predicted octanol–water partition coefficient (Wildman–Crippen LogP) is 0.625. The van der Waals surface area contributed by atoms with Gasteiger partial charge in [0.1, 0.15) is 6.17 Å². The van der Waals surface area contributed by atoms with E-state index in [0.29, 0.717) is 6.54 Å². The summed E-state index contributed by atoms with van der Waals surface area (Å²) in [5.74, 6) is 0.736. The van der Waals surface area contributed by atoms with Crippen LogP contribution in [0.25, 0.3) is 0 Å². The summed E-state index contributed by atoms with van der Waals surface area (Å²) in [6, 6.07) is 0.